The van der Waals surface area contributed by atoms with Crippen molar-refractivity contribution < 1.29 is 9.84 Å². The topological polar surface area (TPSA) is 76.3 Å². The average Bonchev–Trinajstić information content (AvgIpc) is 3.21. The van der Waals surface area contributed by atoms with E-state index >= 15 is 0 Å². The standard InChI is InChI=1S/C16H22ClN5O2/c1-9-6-11(23)7-21(9)14-13-15(20-16(17)19-14)22(10(2)18-13)8-12-4-3-5-24-12/h9,11-12,23H,3-8H2,1-2H3/t9-,11+,12-/m0/s1. The fourth-order valence-corrected chi connectivity index (χ4v) is 3.94. The summed E-state index contributed by atoms with van der Waals surface area (Å²) in [7, 11) is 0. The number of halogens is 1. The number of anilines is 1. The second-order valence-electron chi connectivity index (χ2n) is 6.78. The molecule has 0 unspecified atom stereocenters. The quantitative estimate of drug-likeness (QED) is 0.851. The maximum Gasteiger partial charge on any atom is 0.226 e. The highest BCUT2D eigenvalue weighted by Crippen LogP contribution is 2.31. The monoisotopic (exact) mass is 351 g/mol. The Morgan fingerprint density at radius 2 is 2.17 bits per heavy atom. The molecule has 0 aliphatic carbocycles. The first kappa shape index (κ1) is 16.1. The van der Waals surface area contributed by atoms with Gasteiger partial charge in [-0.15, -0.1) is 0 Å². The predicted octanol–water partition coefficient (Wildman–Crippen LogP) is 1.93. The molecular formula is C16H22ClN5O2. The van der Waals surface area contributed by atoms with E-state index < -0.39 is 0 Å². The molecule has 24 heavy (non-hydrogen) atoms. The number of imidazole rings is 1. The number of fused-ring (bicyclic) bond motifs is 1. The van der Waals surface area contributed by atoms with Crippen molar-refractivity contribution in [1.29, 1.82) is 0 Å². The number of β-amino-alcohol motifs (C(OH)–C–C–N with tert-alkyl or cyclic N) is 1. The van der Waals surface area contributed by atoms with Gasteiger partial charge in [-0.3, -0.25) is 0 Å². The Balaban J connectivity index is 1.78. The van der Waals surface area contributed by atoms with Gasteiger partial charge >= 0.3 is 0 Å². The van der Waals surface area contributed by atoms with Crippen molar-refractivity contribution in [2.24, 2.45) is 0 Å². The Bertz CT molecular complexity index is 758. The number of hydrogen-bond donors (Lipinski definition) is 1. The molecule has 2 aromatic heterocycles. The molecule has 2 aliphatic heterocycles. The van der Waals surface area contributed by atoms with Crippen LogP contribution in [0.15, 0.2) is 0 Å². The molecule has 0 bridgehead atoms. The SMILES string of the molecule is Cc1nc2c(N3C[C@H](O)C[C@@H]3C)nc(Cl)nc2n1C[C@@H]1CCCO1. The van der Waals surface area contributed by atoms with Crippen molar-refractivity contribution in [2.75, 3.05) is 18.1 Å². The second kappa shape index (κ2) is 6.13. The molecule has 0 amide bonds. The summed E-state index contributed by atoms with van der Waals surface area (Å²) >= 11 is 6.20. The van der Waals surface area contributed by atoms with Crippen LogP contribution in [0.5, 0.6) is 0 Å². The zero-order valence-electron chi connectivity index (χ0n) is 13.9. The molecule has 2 aromatic rings. The molecule has 1 N–H and O–H groups in total. The third-order valence-electron chi connectivity index (χ3n) is 4.97. The zero-order valence-corrected chi connectivity index (χ0v) is 14.7. The van der Waals surface area contributed by atoms with Gasteiger partial charge in [-0.2, -0.15) is 9.97 Å². The molecular weight excluding hydrogens is 330 g/mol. The molecule has 4 heterocycles. The summed E-state index contributed by atoms with van der Waals surface area (Å²) in [5.74, 6) is 1.59. The minimum absolute atomic E-state index is 0.192. The maximum absolute atomic E-state index is 9.96. The van der Waals surface area contributed by atoms with Gasteiger partial charge in [-0.1, -0.05) is 0 Å². The van der Waals surface area contributed by atoms with Gasteiger partial charge in [-0.05, 0) is 44.7 Å². The highest BCUT2D eigenvalue weighted by atomic mass is 35.5. The lowest BCUT2D eigenvalue weighted by Gasteiger charge is -2.22. The first-order chi connectivity index (χ1) is 11.5. The van der Waals surface area contributed by atoms with Crippen LogP contribution in [0.1, 0.15) is 32.0 Å². The highest BCUT2D eigenvalue weighted by molar-refractivity contribution is 6.28. The van der Waals surface area contributed by atoms with Crippen LogP contribution in [0.4, 0.5) is 5.82 Å². The van der Waals surface area contributed by atoms with Gasteiger partial charge in [0.05, 0.1) is 18.8 Å². The summed E-state index contributed by atoms with van der Waals surface area (Å²) in [5, 5.41) is 10.2. The number of rotatable bonds is 3. The summed E-state index contributed by atoms with van der Waals surface area (Å²) < 4.78 is 7.82. The second-order valence-corrected chi connectivity index (χ2v) is 7.12. The molecule has 0 saturated carbocycles. The van der Waals surface area contributed by atoms with Crippen molar-refractivity contribution in [3.63, 3.8) is 0 Å². The van der Waals surface area contributed by atoms with E-state index in [1.165, 1.54) is 0 Å². The van der Waals surface area contributed by atoms with Gasteiger partial charge in [0.2, 0.25) is 5.28 Å². The minimum atomic E-state index is -0.348. The molecule has 2 fully saturated rings. The Morgan fingerprint density at radius 1 is 1.33 bits per heavy atom. The van der Waals surface area contributed by atoms with Crippen LogP contribution in [-0.4, -0.2) is 56.0 Å². The first-order valence-corrected chi connectivity index (χ1v) is 8.87. The Morgan fingerprint density at radius 3 is 2.83 bits per heavy atom. The highest BCUT2D eigenvalue weighted by Gasteiger charge is 2.31. The maximum atomic E-state index is 9.96. The summed E-state index contributed by atoms with van der Waals surface area (Å²) in [6.07, 6.45) is 2.73. The molecule has 0 spiro atoms. The normalized spacial score (nSPS) is 27.5. The lowest BCUT2D eigenvalue weighted by atomic mass is 10.2. The van der Waals surface area contributed by atoms with Crippen molar-refractivity contribution in [2.45, 2.75) is 57.9 Å². The fourth-order valence-electron chi connectivity index (χ4n) is 3.78. The van der Waals surface area contributed by atoms with Crippen LogP contribution < -0.4 is 4.90 Å². The Hall–Kier alpha value is -1.44. The molecule has 0 aromatic carbocycles. The largest absolute Gasteiger partial charge is 0.391 e. The van der Waals surface area contributed by atoms with Crippen molar-refractivity contribution in [3.8, 4) is 0 Å². The van der Waals surface area contributed by atoms with E-state index in [-0.39, 0.29) is 23.5 Å². The van der Waals surface area contributed by atoms with E-state index in [0.29, 0.717) is 12.4 Å². The molecule has 8 heteroatoms. The smallest absolute Gasteiger partial charge is 0.226 e. The lowest BCUT2D eigenvalue weighted by Crippen LogP contribution is -2.28. The van der Waals surface area contributed by atoms with Crippen molar-refractivity contribution in [3.05, 3.63) is 11.1 Å². The van der Waals surface area contributed by atoms with Crippen LogP contribution in [0.3, 0.4) is 0 Å². The van der Waals surface area contributed by atoms with Gasteiger partial charge in [0.1, 0.15) is 5.82 Å². The fraction of sp³-hybridized carbons (Fsp3) is 0.688. The third kappa shape index (κ3) is 2.74. The van der Waals surface area contributed by atoms with E-state index in [4.69, 9.17) is 21.3 Å². The summed E-state index contributed by atoms with van der Waals surface area (Å²) in [5.41, 5.74) is 1.49. The number of aryl methyl sites for hydroxylation is 1. The van der Waals surface area contributed by atoms with E-state index in [9.17, 15) is 5.11 Å². The van der Waals surface area contributed by atoms with Crippen LogP contribution in [-0.2, 0) is 11.3 Å². The lowest BCUT2D eigenvalue weighted by molar-refractivity contribution is 0.0973. The van der Waals surface area contributed by atoms with E-state index in [1.807, 2.05) is 6.92 Å². The van der Waals surface area contributed by atoms with Crippen LogP contribution >= 0.6 is 11.6 Å². The number of nitrogens with zero attached hydrogens (tertiary/aromatic N) is 5. The van der Waals surface area contributed by atoms with Crippen LogP contribution in [0.25, 0.3) is 11.2 Å². The zero-order chi connectivity index (χ0) is 16.8. The predicted molar refractivity (Wildman–Crippen MR) is 91.5 cm³/mol. The summed E-state index contributed by atoms with van der Waals surface area (Å²) in [4.78, 5) is 15.6. The van der Waals surface area contributed by atoms with Crippen molar-refractivity contribution >= 4 is 28.6 Å². The van der Waals surface area contributed by atoms with Gasteiger partial charge in [0.25, 0.3) is 0 Å². The van der Waals surface area contributed by atoms with Crippen molar-refractivity contribution in [1.82, 2.24) is 19.5 Å². The van der Waals surface area contributed by atoms with Gasteiger partial charge in [0, 0.05) is 19.2 Å². The number of aromatic nitrogens is 4. The first-order valence-electron chi connectivity index (χ1n) is 8.49. The van der Waals surface area contributed by atoms with E-state index in [1.54, 1.807) is 0 Å². The molecule has 130 valence electrons. The molecule has 3 atom stereocenters. The summed E-state index contributed by atoms with van der Waals surface area (Å²) in [6, 6.07) is 0.192. The summed E-state index contributed by atoms with van der Waals surface area (Å²) in [6.45, 7) is 6.14. The Labute approximate surface area is 145 Å². The number of aliphatic hydroxyl groups excluding tert-OH is 1. The number of aliphatic hydroxyl groups is 1. The van der Waals surface area contributed by atoms with Crippen LogP contribution in [0.2, 0.25) is 5.28 Å². The van der Waals surface area contributed by atoms with Gasteiger partial charge in [-0.25, -0.2) is 4.98 Å². The van der Waals surface area contributed by atoms with Gasteiger partial charge in [0.15, 0.2) is 17.0 Å². The Kier molecular flexibility index (Phi) is 4.10. The molecule has 2 aliphatic rings. The molecule has 7 nitrogen and oxygen atoms in total. The molecule has 2 saturated heterocycles. The number of hydrogen-bond acceptors (Lipinski definition) is 6. The van der Waals surface area contributed by atoms with Gasteiger partial charge < -0.3 is 19.3 Å². The minimum Gasteiger partial charge on any atom is -0.391 e. The third-order valence-corrected chi connectivity index (χ3v) is 5.14. The van der Waals surface area contributed by atoms with Crippen LogP contribution in [0, 0.1) is 6.92 Å². The van der Waals surface area contributed by atoms with E-state index in [2.05, 4.69) is 26.4 Å². The molecule has 0 radical (unpaired) electrons. The average molecular weight is 352 g/mol. The number of ether oxygens (including phenoxy) is 1. The molecule has 4 rings (SSSR count). The van der Waals surface area contributed by atoms with E-state index in [0.717, 1.165) is 49.4 Å².